The molecule has 2 aromatic heterocycles. The highest BCUT2D eigenvalue weighted by Crippen LogP contribution is 2.48. The summed E-state index contributed by atoms with van der Waals surface area (Å²) in [4.78, 5) is 31.3. The summed E-state index contributed by atoms with van der Waals surface area (Å²) < 4.78 is 53.4. The summed E-state index contributed by atoms with van der Waals surface area (Å²) in [5.41, 5.74) is 3.14. The molecule has 1 spiro atoms. The van der Waals surface area contributed by atoms with E-state index in [1.54, 1.807) is 17.2 Å². The Hall–Kier alpha value is -4.59. The molecule has 0 atom stereocenters. The summed E-state index contributed by atoms with van der Waals surface area (Å²) in [7, 11) is 2.08. The van der Waals surface area contributed by atoms with E-state index >= 15 is 0 Å². The maximum absolute atomic E-state index is 14.0. The summed E-state index contributed by atoms with van der Waals surface area (Å²) in [6.07, 6.45) is 1.00. The second-order valence-electron chi connectivity index (χ2n) is 15.6. The number of rotatable bonds is 6. The normalized spacial score (nSPS) is 18.5. The lowest BCUT2D eigenvalue weighted by Crippen LogP contribution is -2.62. The third kappa shape index (κ3) is 7.09. The lowest BCUT2D eigenvalue weighted by Gasteiger charge is -2.53. The Labute approximate surface area is 301 Å². The fourth-order valence-corrected chi connectivity index (χ4v) is 7.76. The van der Waals surface area contributed by atoms with Gasteiger partial charge in [0.15, 0.2) is 12.4 Å². The van der Waals surface area contributed by atoms with Crippen molar-refractivity contribution in [1.82, 2.24) is 30.0 Å². The summed E-state index contributed by atoms with van der Waals surface area (Å²) in [5, 5.41) is 8.58. The van der Waals surface area contributed by atoms with E-state index < -0.39 is 18.4 Å². The Morgan fingerprint density at radius 1 is 1.00 bits per heavy atom. The molecule has 4 aromatic rings. The molecule has 5 heterocycles. The van der Waals surface area contributed by atoms with Crippen LogP contribution < -0.4 is 14.5 Å². The second-order valence-corrected chi connectivity index (χ2v) is 15.6. The first-order chi connectivity index (χ1) is 24.6. The molecule has 0 unspecified atom stereocenters. The number of halogens is 3. The van der Waals surface area contributed by atoms with Gasteiger partial charge in [-0.15, -0.1) is 0 Å². The Bertz CT molecular complexity index is 1990. The van der Waals surface area contributed by atoms with Gasteiger partial charge >= 0.3 is 12.3 Å². The van der Waals surface area contributed by atoms with Gasteiger partial charge < -0.3 is 29.1 Å². The van der Waals surface area contributed by atoms with Gasteiger partial charge in [-0.3, -0.25) is 5.10 Å². The maximum atomic E-state index is 14.0. The second kappa shape index (κ2) is 13.4. The Balaban J connectivity index is 1.35. The monoisotopic (exact) mass is 720 g/mol. The number of piperidine rings is 1. The van der Waals surface area contributed by atoms with E-state index in [9.17, 15) is 18.0 Å². The third-order valence-corrected chi connectivity index (χ3v) is 10.5. The summed E-state index contributed by atoms with van der Waals surface area (Å²) >= 11 is 0. The number of nitrogens with one attached hydrogen (secondary N) is 1. The lowest BCUT2D eigenvalue weighted by molar-refractivity contribution is -0.153. The highest BCUT2D eigenvalue weighted by Gasteiger charge is 2.48. The molecule has 3 aliphatic heterocycles. The van der Waals surface area contributed by atoms with Crippen LogP contribution in [-0.4, -0.2) is 114 Å². The molecule has 11 nitrogen and oxygen atoms in total. The zero-order valence-corrected chi connectivity index (χ0v) is 30.6. The molecule has 278 valence electrons. The molecule has 52 heavy (non-hydrogen) atoms. The van der Waals surface area contributed by atoms with Crippen LogP contribution >= 0.6 is 0 Å². The van der Waals surface area contributed by atoms with E-state index in [0.29, 0.717) is 78.6 Å². The number of likely N-dealkylation sites (tertiary alicyclic amines) is 1. The zero-order valence-electron chi connectivity index (χ0n) is 30.6. The summed E-state index contributed by atoms with van der Waals surface area (Å²) in [6, 6.07) is 5.75. The van der Waals surface area contributed by atoms with Crippen LogP contribution in [0.4, 0.5) is 29.7 Å². The molecule has 1 N–H and O–H groups in total. The molecule has 2 aromatic carbocycles. The number of aromatic nitrogens is 4. The average molecular weight is 721 g/mol. The topological polar surface area (TPSA) is 103 Å². The smallest absolute Gasteiger partial charge is 0.422 e. The van der Waals surface area contributed by atoms with Gasteiger partial charge in [-0.1, -0.05) is 18.7 Å². The van der Waals surface area contributed by atoms with Gasteiger partial charge in [-0.2, -0.15) is 23.3 Å². The molecule has 1 amide bonds. The van der Waals surface area contributed by atoms with Gasteiger partial charge in [0.05, 0.1) is 11.7 Å². The first kappa shape index (κ1) is 35.8. The van der Waals surface area contributed by atoms with Gasteiger partial charge in [0.25, 0.3) is 0 Å². The number of amides is 1. The molecule has 0 saturated carbocycles. The molecule has 3 fully saturated rings. The Morgan fingerprint density at radius 3 is 2.44 bits per heavy atom. The number of H-pyrrole nitrogens is 1. The van der Waals surface area contributed by atoms with Crippen molar-refractivity contribution < 1.29 is 27.4 Å². The minimum Gasteiger partial charge on any atom is -0.481 e. The molecule has 3 saturated heterocycles. The third-order valence-electron chi connectivity index (χ3n) is 10.5. The number of benzene rings is 2. The van der Waals surface area contributed by atoms with Crippen molar-refractivity contribution in [1.29, 1.82) is 0 Å². The number of likely N-dealkylation sites (N-methyl/N-ethyl adjacent to an activating group) is 1. The maximum Gasteiger partial charge on any atom is 0.422 e. The van der Waals surface area contributed by atoms with Crippen LogP contribution in [-0.2, 0) is 4.74 Å². The first-order valence-electron chi connectivity index (χ1n) is 17.9. The van der Waals surface area contributed by atoms with Crippen LogP contribution in [0.2, 0.25) is 0 Å². The SMILES string of the molecule is C=Cc1cc2c(N3CCC4(CC3)CN(C(=O)OC(C)(C)C)C4)nc(N3CCCN(C)CC3)nc2c(OCC(F)(F)F)c1-c1c(C)ccc2[nH]ncc12. The molecular formula is C38H47F3N8O3. The minimum atomic E-state index is -4.59. The number of carbonyl (C=O) groups is 1. The van der Waals surface area contributed by atoms with E-state index in [0.717, 1.165) is 48.8 Å². The van der Waals surface area contributed by atoms with E-state index in [1.807, 2.05) is 45.9 Å². The van der Waals surface area contributed by atoms with Crippen molar-refractivity contribution in [3.05, 3.63) is 42.1 Å². The highest BCUT2D eigenvalue weighted by molar-refractivity contribution is 6.07. The molecule has 14 heteroatoms. The summed E-state index contributed by atoms with van der Waals surface area (Å²) in [5.74, 6) is 1.16. The highest BCUT2D eigenvalue weighted by atomic mass is 19.4. The molecule has 3 aliphatic rings. The van der Waals surface area contributed by atoms with Crippen LogP contribution in [0.25, 0.3) is 39.0 Å². The fraction of sp³-hybridized carbons (Fsp3) is 0.526. The van der Waals surface area contributed by atoms with Crippen molar-refractivity contribution >= 4 is 45.7 Å². The number of nitrogens with zero attached hydrogens (tertiary/aromatic N) is 7. The largest absolute Gasteiger partial charge is 0.481 e. The zero-order chi connectivity index (χ0) is 37.0. The molecular weight excluding hydrogens is 673 g/mol. The lowest BCUT2D eigenvalue weighted by atomic mass is 9.72. The number of ether oxygens (including phenoxy) is 2. The van der Waals surface area contributed by atoms with E-state index in [2.05, 4.69) is 38.5 Å². The number of aromatic amines is 1. The predicted octanol–water partition coefficient (Wildman–Crippen LogP) is 7.04. The molecule has 0 radical (unpaired) electrons. The van der Waals surface area contributed by atoms with Gasteiger partial charge in [-0.05, 0) is 89.4 Å². The molecule has 0 aliphatic carbocycles. The minimum absolute atomic E-state index is 0.0182. The van der Waals surface area contributed by atoms with Crippen molar-refractivity contribution in [3.8, 4) is 16.9 Å². The molecule has 0 bridgehead atoms. The van der Waals surface area contributed by atoms with E-state index in [4.69, 9.17) is 19.4 Å². The van der Waals surface area contributed by atoms with Crippen LogP contribution in [0.1, 0.15) is 51.2 Å². The van der Waals surface area contributed by atoms with Gasteiger partial charge in [-0.25, -0.2) is 9.78 Å². The van der Waals surface area contributed by atoms with Crippen molar-refractivity contribution in [2.75, 3.05) is 75.8 Å². The number of carbonyl (C=O) groups excluding carboxylic acids is 1. The van der Waals surface area contributed by atoms with E-state index in [-0.39, 0.29) is 17.3 Å². The average Bonchev–Trinajstić information content (AvgIpc) is 3.44. The van der Waals surface area contributed by atoms with Gasteiger partial charge in [0.2, 0.25) is 5.95 Å². The summed E-state index contributed by atoms with van der Waals surface area (Å²) in [6.45, 7) is 15.8. The first-order valence-corrected chi connectivity index (χ1v) is 17.9. The van der Waals surface area contributed by atoms with E-state index in [1.165, 1.54) is 0 Å². The fourth-order valence-electron chi connectivity index (χ4n) is 7.76. The number of alkyl halides is 3. The van der Waals surface area contributed by atoms with Gasteiger partial charge in [0.1, 0.15) is 16.9 Å². The van der Waals surface area contributed by atoms with Crippen molar-refractivity contribution in [3.63, 3.8) is 0 Å². The van der Waals surface area contributed by atoms with Crippen LogP contribution in [0, 0.1) is 12.3 Å². The number of fused-ring (bicyclic) bond motifs is 2. The number of aryl methyl sites for hydroxylation is 1. The quantitative estimate of drug-likeness (QED) is 0.225. The number of hydrogen-bond acceptors (Lipinski definition) is 9. The predicted molar refractivity (Wildman–Crippen MR) is 197 cm³/mol. The van der Waals surface area contributed by atoms with Crippen LogP contribution in [0.3, 0.4) is 0 Å². The van der Waals surface area contributed by atoms with Crippen LogP contribution in [0.5, 0.6) is 5.75 Å². The number of anilines is 2. The van der Waals surface area contributed by atoms with Crippen LogP contribution in [0.15, 0.2) is 31.0 Å². The van der Waals surface area contributed by atoms with Crippen molar-refractivity contribution in [2.45, 2.75) is 58.7 Å². The van der Waals surface area contributed by atoms with Crippen molar-refractivity contribution in [2.24, 2.45) is 5.41 Å². The Morgan fingerprint density at radius 2 is 1.75 bits per heavy atom. The standard InChI is InChI=1S/C38H47F3N8O3/c1-7-25-19-26-31(32(51-23-38(39,40)41)30(25)29-24(2)9-10-28-27(29)20-42-45-28)43-34(48-14-8-13-46(6)17-18-48)44-33(26)47-15-11-37(12-16-47)21-49(22-37)35(50)52-36(3,4)5/h7,9-10,19-20H,1,8,11-18,21-23H2,2-6H3,(H,42,45). The number of hydrogen-bond donors (Lipinski definition) is 1. The van der Waals surface area contributed by atoms with Gasteiger partial charge in [0, 0.05) is 67.6 Å². The Kier molecular flexibility index (Phi) is 9.25. The molecule has 7 rings (SSSR count).